The van der Waals surface area contributed by atoms with E-state index in [1.54, 1.807) is 6.20 Å². The first-order valence-corrected chi connectivity index (χ1v) is 8.78. The molecule has 1 saturated heterocycles. The van der Waals surface area contributed by atoms with Crippen molar-refractivity contribution in [3.8, 4) is 0 Å². The molecular weight excluding hydrogens is 377 g/mol. The average Bonchev–Trinajstić information content (AvgIpc) is 3.25. The molecule has 0 aromatic carbocycles. The van der Waals surface area contributed by atoms with Gasteiger partial charge in [0.05, 0.1) is 17.8 Å². The Labute approximate surface area is 156 Å². The molecule has 3 aromatic heterocycles. The third-order valence-corrected chi connectivity index (χ3v) is 5.29. The highest BCUT2D eigenvalue weighted by Crippen LogP contribution is 2.35. The van der Waals surface area contributed by atoms with Gasteiger partial charge in [-0.1, -0.05) is 5.16 Å². The molecule has 1 amide bonds. The lowest BCUT2D eigenvalue weighted by molar-refractivity contribution is -0.202. The second kappa shape index (κ2) is 5.94. The van der Waals surface area contributed by atoms with Crippen LogP contribution < -0.4 is 4.90 Å². The van der Waals surface area contributed by atoms with Crippen LogP contribution >= 0.6 is 0 Å². The molecule has 5 rings (SSSR count). The van der Waals surface area contributed by atoms with Gasteiger partial charge in [-0.05, 0) is 6.07 Å². The molecule has 2 aliphatic rings. The summed E-state index contributed by atoms with van der Waals surface area (Å²) in [6.45, 7) is 0.272. The number of nitrogens with one attached hydrogen (secondary N) is 1. The number of halogens is 3. The van der Waals surface area contributed by atoms with Crippen LogP contribution in [0.4, 0.5) is 19.0 Å². The fourth-order valence-electron chi connectivity index (χ4n) is 3.67. The van der Waals surface area contributed by atoms with Crippen LogP contribution in [0, 0.1) is 5.92 Å². The Morgan fingerprint density at radius 2 is 2.11 bits per heavy atom. The largest absolute Gasteiger partial charge is 0.395 e. The van der Waals surface area contributed by atoms with Gasteiger partial charge in [-0.15, -0.1) is 0 Å². The highest BCUT2D eigenvalue weighted by Gasteiger charge is 2.49. The minimum atomic E-state index is -4.29. The quantitative estimate of drug-likeness (QED) is 0.719. The molecule has 146 valence electrons. The molecule has 0 radical (unpaired) electrons. The van der Waals surface area contributed by atoms with Crippen LogP contribution in [0.3, 0.4) is 0 Å². The van der Waals surface area contributed by atoms with Crippen LogP contribution in [0.15, 0.2) is 23.1 Å². The molecule has 1 N–H and O–H groups in total. The first-order valence-electron chi connectivity index (χ1n) is 8.78. The standard InChI is InChI=1S/C17H15F3N6O2/c18-17(19,20)9-5-26(6-9)16(27)13-11-7-25(4-2-12(11)28-24-13)15-10-1-3-21-14(10)22-8-23-15/h1,3,8-9H,2,4-7H2,(H,21,22,23). The van der Waals surface area contributed by atoms with E-state index in [2.05, 4.69) is 20.1 Å². The highest BCUT2D eigenvalue weighted by atomic mass is 19.4. The number of carbonyl (C=O) groups excluding carboxylic acids is 1. The zero-order valence-corrected chi connectivity index (χ0v) is 14.5. The van der Waals surface area contributed by atoms with Crippen molar-refractivity contribution in [2.75, 3.05) is 24.5 Å². The number of amides is 1. The summed E-state index contributed by atoms with van der Waals surface area (Å²) in [7, 11) is 0. The van der Waals surface area contributed by atoms with Gasteiger partial charge in [0.25, 0.3) is 5.91 Å². The van der Waals surface area contributed by atoms with Gasteiger partial charge in [-0.25, -0.2) is 9.97 Å². The van der Waals surface area contributed by atoms with E-state index in [1.807, 2.05) is 11.0 Å². The molecule has 11 heteroatoms. The van der Waals surface area contributed by atoms with Crippen LogP contribution in [-0.2, 0) is 13.0 Å². The molecule has 0 atom stereocenters. The normalized spacial score (nSPS) is 17.7. The van der Waals surface area contributed by atoms with Gasteiger partial charge in [-0.2, -0.15) is 13.2 Å². The van der Waals surface area contributed by atoms with Crippen molar-refractivity contribution >= 4 is 22.8 Å². The summed E-state index contributed by atoms with van der Waals surface area (Å²) in [4.78, 5) is 27.3. The van der Waals surface area contributed by atoms with Crippen molar-refractivity contribution in [2.45, 2.75) is 19.1 Å². The number of likely N-dealkylation sites (tertiary alicyclic amines) is 1. The number of anilines is 1. The summed E-state index contributed by atoms with van der Waals surface area (Å²) in [6.07, 6.45) is -0.531. The summed E-state index contributed by atoms with van der Waals surface area (Å²) in [5.74, 6) is -0.690. The lowest BCUT2D eigenvalue weighted by Gasteiger charge is -2.39. The molecule has 8 nitrogen and oxygen atoms in total. The van der Waals surface area contributed by atoms with E-state index in [4.69, 9.17) is 4.52 Å². The number of nitrogens with zero attached hydrogens (tertiary/aromatic N) is 5. The van der Waals surface area contributed by atoms with Crippen molar-refractivity contribution in [1.82, 2.24) is 25.0 Å². The van der Waals surface area contributed by atoms with E-state index < -0.39 is 18.0 Å². The van der Waals surface area contributed by atoms with E-state index in [-0.39, 0.29) is 18.8 Å². The maximum absolute atomic E-state index is 12.7. The molecule has 0 saturated carbocycles. The third kappa shape index (κ3) is 2.60. The first kappa shape index (κ1) is 17.0. The predicted octanol–water partition coefficient (Wildman–Crippen LogP) is 2.14. The van der Waals surface area contributed by atoms with E-state index in [0.29, 0.717) is 36.5 Å². The molecule has 1 fully saturated rings. The van der Waals surface area contributed by atoms with Crippen molar-refractivity contribution in [3.63, 3.8) is 0 Å². The summed E-state index contributed by atoms with van der Waals surface area (Å²) in [6, 6.07) is 1.87. The fourth-order valence-corrected chi connectivity index (χ4v) is 3.67. The Kier molecular flexibility index (Phi) is 3.61. The monoisotopic (exact) mass is 392 g/mol. The summed E-state index contributed by atoms with van der Waals surface area (Å²) in [5, 5.41) is 4.71. The van der Waals surface area contributed by atoms with E-state index >= 15 is 0 Å². The smallest absolute Gasteiger partial charge is 0.360 e. The molecule has 5 heterocycles. The Bertz CT molecular complexity index is 1050. The van der Waals surface area contributed by atoms with E-state index in [1.165, 1.54) is 6.33 Å². The third-order valence-electron chi connectivity index (χ3n) is 5.29. The highest BCUT2D eigenvalue weighted by molar-refractivity contribution is 5.95. The van der Waals surface area contributed by atoms with Crippen LogP contribution in [0.5, 0.6) is 0 Å². The number of aromatic amines is 1. The Hall–Kier alpha value is -3.11. The molecule has 0 unspecified atom stereocenters. The van der Waals surface area contributed by atoms with Crippen molar-refractivity contribution in [2.24, 2.45) is 5.92 Å². The van der Waals surface area contributed by atoms with Crippen LogP contribution in [0.2, 0.25) is 0 Å². The number of aromatic nitrogens is 4. The van der Waals surface area contributed by atoms with Crippen molar-refractivity contribution in [3.05, 3.63) is 35.6 Å². The van der Waals surface area contributed by atoms with E-state index in [0.717, 1.165) is 16.1 Å². The van der Waals surface area contributed by atoms with Gasteiger partial charge in [0, 0.05) is 37.8 Å². The van der Waals surface area contributed by atoms with Gasteiger partial charge in [-0.3, -0.25) is 4.79 Å². The van der Waals surface area contributed by atoms with E-state index in [9.17, 15) is 18.0 Å². The minimum Gasteiger partial charge on any atom is -0.360 e. The summed E-state index contributed by atoms with van der Waals surface area (Å²) in [5.41, 5.74) is 1.39. The topological polar surface area (TPSA) is 91.1 Å². The number of hydrogen-bond acceptors (Lipinski definition) is 6. The fraction of sp³-hybridized carbons (Fsp3) is 0.412. The lowest BCUT2D eigenvalue weighted by atomic mass is 9.98. The maximum Gasteiger partial charge on any atom is 0.395 e. The second-order valence-corrected chi connectivity index (χ2v) is 6.99. The second-order valence-electron chi connectivity index (χ2n) is 6.99. The first-order chi connectivity index (χ1) is 13.4. The zero-order chi connectivity index (χ0) is 19.5. The van der Waals surface area contributed by atoms with Gasteiger partial charge in [0.15, 0.2) is 5.69 Å². The van der Waals surface area contributed by atoms with Crippen LogP contribution in [0.1, 0.15) is 21.8 Å². The Balaban J connectivity index is 1.39. The number of rotatable bonds is 2. The van der Waals surface area contributed by atoms with Crippen molar-refractivity contribution < 1.29 is 22.5 Å². The van der Waals surface area contributed by atoms with Gasteiger partial charge in [0.1, 0.15) is 23.6 Å². The molecule has 28 heavy (non-hydrogen) atoms. The number of alkyl halides is 3. The lowest BCUT2D eigenvalue weighted by Crippen LogP contribution is -2.55. The Morgan fingerprint density at radius 3 is 2.89 bits per heavy atom. The Morgan fingerprint density at radius 1 is 1.29 bits per heavy atom. The summed E-state index contributed by atoms with van der Waals surface area (Å²) >= 11 is 0. The zero-order valence-electron chi connectivity index (χ0n) is 14.5. The number of hydrogen-bond donors (Lipinski definition) is 1. The average molecular weight is 392 g/mol. The minimum absolute atomic E-state index is 0.0830. The molecule has 2 aliphatic heterocycles. The molecular formula is C17H15F3N6O2. The SMILES string of the molecule is O=C(c1noc2c1CN(c1ncnc3[nH]ccc13)CC2)N1CC(C(F)(F)F)C1. The number of H-pyrrole nitrogens is 1. The molecule has 0 aliphatic carbocycles. The van der Waals surface area contributed by atoms with Crippen molar-refractivity contribution in [1.29, 1.82) is 0 Å². The van der Waals surface area contributed by atoms with Gasteiger partial charge in [0.2, 0.25) is 0 Å². The molecule has 0 spiro atoms. The number of fused-ring (bicyclic) bond motifs is 2. The number of carbonyl (C=O) groups is 1. The van der Waals surface area contributed by atoms with Gasteiger partial charge >= 0.3 is 6.18 Å². The maximum atomic E-state index is 12.7. The van der Waals surface area contributed by atoms with Crippen LogP contribution in [0.25, 0.3) is 11.0 Å². The van der Waals surface area contributed by atoms with Crippen LogP contribution in [-0.4, -0.2) is 56.7 Å². The summed E-state index contributed by atoms with van der Waals surface area (Å²) < 4.78 is 43.4. The molecule has 0 bridgehead atoms. The molecule has 3 aromatic rings. The predicted molar refractivity (Wildman–Crippen MR) is 90.6 cm³/mol. The van der Waals surface area contributed by atoms with Gasteiger partial charge < -0.3 is 19.3 Å².